The predicted octanol–water partition coefficient (Wildman–Crippen LogP) is 6.58. The monoisotopic (exact) mass is 839 g/mol. The third-order valence-electron chi connectivity index (χ3n) is 11.2. The highest BCUT2D eigenvalue weighted by molar-refractivity contribution is 5.94. The number of fused-ring (bicyclic) bond motifs is 4. The third kappa shape index (κ3) is 11.8. The maximum absolute atomic E-state index is 12.7. The number of carbonyl (C=O) groups excluding carboxylic acids is 2. The lowest BCUT2D eigenvalue weighted by Gasteiger charge is -2.43. The van der Waals surface area contributed by atoms with Gasteiger partial charge < -0.3 is 45.4 Å². The highest BCUT2D eigenvalue weighted by atomic mass is 16.6. The molecule has 3 aliphatic rings. The molecule has 3 saturated heterocycles. The molecule has 5 aromatic carbocycles. The number of phenols is 1. The molecule has 6 N–H and O–H groups in total. The number of benzene rings is 5. The van der Waals surface area contributed by atoms with Gasteiger partial charge >= 0.3 is 6.09 Å². The average molecular weight is 840 g/mol. The minimum Gasteiger partial charge on any atom is -0.506 e. The van der Waals surface area contributed by atoms with E-state index in [1.165, 1.54) is 12.1 Å². The van der Waals surface area contributed by atoms with Crippen molar-refractivity contribution >= 4 is 22.9 Å². The number of phenolic OH excluding ortho intramolecular Hbond substituents is 1. The van der Waals surface area contributed by atoms with Crippen LogP contribution >= 0.6 is 0 Å². The van der Waals surface area contributed by atoms with Crippen LogP contribution in [0, 0.1) is 5.92 Å². The van der Waals surface area contributed by atoms with Gasteiger partial charge in [0.2, 0.25) is 5.56 Å². The normalized spacial score (nSPS) is 17.0. The van der Waals surface area contributed by atoms with Gasteiger partial charge in [0.15, 0.2) is 0 Å². The Morgan fingerprint density at radius 3 is 2.23 bits per heavy atom. The highest BCUT2D eigenvalue weighted by Crippen LogP contribution is 2.30. The van der Waals surface area contributed by atoms with Crippen molar-refractivity contribution in [1.82, 2.24) is 25.8 Å². The Morgan fingerprint density at radius 2 is 1.52 bits per heavy atom. The van der Waals surface area contributed by atoms with Crippen molar-refractivity contribution in [2.24, 2.45) is 5.92 Å². The Morgan fingerprint density at radius 1 is 0.806 bits per heavy atom. The van der Waals surface area contributed by atoms with Crippen LogP contribution in [0.3, 0.4) is 0 Å². The molecule has 9 rings (SSSR count). The second-order valence-electron chi connectivity index (χ2n) is 15.5. The van der Waals surface area contributed by atoms with Crippen LogP contribution in [0.5, 0.6) is 17.2 Å². The molecule has 0 radical (unpaired) electrons. The van der Waals surface area contributed by atoms with Crippen molar-refractivity contribution in [3.8, 4) is 17.2 Å². The number of aliphatic hydroxyl groups excluding tert-OH is 1. The first-order chi connectivity index (χ1) is 30.2. The zero-order valence-electron chi connectivity index (χ0n) is 34.7. The second-order valence-corrected chi connectivity index (χ2v) is 15.5. The summed E-state index contributed by atoms with van der Waals surface area (Å²) in [5, 5.41) is 30.5. The number of H-pyrrole nitrogens is 1. The number of hydrogen-bond donors (Lipinski definition) is 6. The summed E-state index contributed by atoms with van der Waals surface area (Å²) >= 11 is 0. The van der Waals surface area contributed by atoms with Crippen LogP contribution < -0.4 is 31.0 Å². The van der Waals surface area contributed by atoms with Crippen LogP contribution in [0.25, 0.3) is 10.9 Å². The summed E-state index contributed by atoms with van der Waals surface area (Å²) in [6.45, 7) is 5.17. The largest absolute Gasteiger partial charge is 0.506 e. The molecule has 322 valence electrons. The quantitative estimate of drug-likeness (QED) is 0.0663. The molecule has 0 spiro atoms. The summed E-state index contributed by atoms with van der Waals surface area (Å²) in [6.07, 6.45) is 1.24. The Kier molecular flexibility index (Phi) is 14.9. The number of aliphatic hydroxyl groups is 1. The van der Waals surface area contributed by atoms with E-state index in [0.717, 1.165) is 60.5 Å². The van der Waals surface area contributed by atoms with Crippen molar-refractivity contribution in [3.63, 3.8) is 0 Å². The number of nitrogens with zero attached hydrogens (tertiary/aromatic N) is 1. The fourth-order valence-corrected chi connectivity index (χ4v) is 7.76. The molecule has 62 heavy (non-hydrogen) atoms. The predicted molar refractivity (Wildman–Crippen MR) is 237 cm³/mol. The number of nitrogens with one attached hydrogen (secondary N) is 4. The summed E-state index contributed by atoms with van der Waals surface area (Å²) < 4.78 is 16.9. The number of pyridine rings is 1. The smallest absolute Gasteiger partial charge is 0.407 e. The lowest BCUT2D eigenvalue weighted by molar-refractivity contribution is -0.0332. The molecule has 2 unspecified atom stereocenters. The molecule has 3 aliphatic heterocycles. The molecule has 3 fully saturated rings. The molecule has 0 aliphatic carbocycles. The van der Waals surface area contributed by atoms with Crippen molar-refractivity contribution in [3.05, 3.63) is 171 Å². The maximum Gasteiger partial charge on any atom is 0.407 e. The minimum absolute atomic E-state index is 0.0554. The topological polar surface area (TPSA) is 174 Å². The SMILES string of the molecule is COc1cc(CNC(=O)c2ccc(COc3ccccc3)cc2)ccc1CNCC(O)c1ccc(O)c2[nH]c(=O)ccc12.O=C(NCc1ccccc1)OC1CN2CCC1CC2. The highest BCUT2D eigenvalue weighted by Gasteiger charge is 2.36. The second kappa shape index (κ2) is 21.2. The summed E-state index contributed by atoms with van der Waals surface area (Å²) in [5.41, 5.74) is 4.93. The number of piperidine rings is 3. The first-order valence-corrected chi connectivity index (χ1v) is 20.9. The lowest BCUT2D eigenvalue weighted by atomic mass is 9.86. The van der Waals surface area contributed by atoms with E-state index in [9.17, 15) is 24.6 Å². The summed E-state index contributed by atoms with van der Waals surface area (Å²) in [4.78, 5) is 41.2. The van der Waals surface area contributed by atoms with Crippen molar-refractivity contribution in [2.75, 3.05) is 33.3 Å². The van der Waals surface area contributed by atoms with Crippen molar-refractivity contribution in [1.29, 1.82) is 0 Å². The van der Waals surface area contributed by atoms with Crippen LogP contribution in [0.4, 0.5) is 4.79 Å². The van der Waals surface area contributed by atoms with Gasteiger partial charge in [0.25, 0.3) is 5.91 Å². The molecule has 2 atom stereocenters. The molecule has 6 aromatic rings. The first kappa shape index (κ1) is 43.4. The number of aromatic nitrogens is 1. The van der Waals surface area contributed by atoms with Gasteiger partial charge in [0, 0.05) is 55.3 Å². The van der Waals surface area contributed by atoms with Crippen LogP contribution in [0.2, 0.25) is 0 Å². The molecule has 13 nitrogen and oxygen atoms in total. The van der Waals surface area contributed by atoms with Gasteiger partial charge in [0.1, 0.15) is 30.0 Å². The van der Waals surface area contributed by atoms with Crippen LogP contribution in [0.15, 0.2) is 132 Å². The number of aromatic amines is 1. The molecule has 0 saturated carbocycles. The molecule has 2 amide bonds. The van der Waals surface area contributed by atoms with Crippen molar-refractivity contribution in [2.45, 2.75) is 51.3 Å². The van der Waals surface area contributed by atoms with E-state index < -0.39 is 6.10 Å². The molecular formula is C49H53N5O8. The van der Waals surface area contributed by atoms with E-state index in [2.05, 4.69) is 25.8 Å². The Hall–Kier alpha value is -6.67. The molecule has 1 aromatic heterocycles. The Balaban J connectivity index is 0.000000252. The van der Waals surface area contributed by atoms with Gasteiger partial charge in [-0.1, -0.05) is 78.9 Å². The van der Waals surface area contributed by atoms with E-state index in [0.29, 0.717) is 59.9 Å². The van der Waals surface area contributed by atoms with Crippen LogP contribution in [-0.2, 0) is 31.0 Å². The average Bonchev–Trinajstić information content (AvgIpc) is 3.31. The standard InChI is InChI=1S/C34H33N3O6.C15H20N2O2/c1-42-31-17-23(18-36-34(41)24-10-7-22(8-11-24)21-43-26-5-3-2-4-6-26)9-12-25(31)19-35-20-30(39)27-13-15-29(38)33-28(27)14-16-32(40)37-33;18-15(16-10-12-4-2-1-3-5-12)19-14-11-17-8-6-13(14)7-9-17/h2-17,30,35,38-39H,18-21H2,1H3,(H,36,41)(H,37,40);1-5,13-14H,6-11H2,(H,16,18). The van der Waals surface area contributed by atoms with E-state index >= 15 is 0 Å². The van der Waals surface area contributed by atoms with Gasteiger partial charge in [-0.05, 0) is 96.6 Å². The molecular weight excluding hydrogens is 787 g/mol. The molecule has 2 bridgehead atoms. The number of methoxy groups -OCH3 is 1. The molecule has 13 heteroatoms. The van der Waals surface area contributed by atoms with Gasteiger partial charge in [-0.15, -0.1) is 0 Å². The zero-order valence-corrected chi connectivity index (χ0v) is 34.7. The fraction of sp³-hybridized carbons (Fsp3) is 0.286. The third-order valence-corrected chi connectivity index (χ3v) is 11.2. The van der Waals surface area contributed by atoms with E-state index in [4.69, 9.17) is 14.2 Å². The maximum atomic E-state index is 12.7. The summed E-state index contributed by atoms with van der Waals surface area (Å²) in [6, 6.07) is 38.5. The summed E-state index contributed by atoms with van der Waals surface area (Å²) in [7, 11) is 1.59. The zero-order chi connectivity index (χ0) is 43.3. The lowest BCUT2D eigenvalue weighted by Crippen LogP contribution is -2.52. The van der Waals surface area contributed by atoms with Crippen LogP contribution in [0.1, 0.15) is 57.1 Å². The van der Waals surface area contributed by atoms with Gasteiger partial charge in [-0.25, -0.2) is 4.79 Å². The van der Waals surface area contributed by atoms with Crippen molar-refractivity contribution < 1.29 is 34.0 Å². The van der Waals surface area contributed by atoms with E-state index in [1.807, 2.05) is 91.0 Å². The number of hydrogen-bond acceptors (Lipinski definition) is 10. The Labute approximate surface area is 360 Å². The fourth-order valence-electron chi connectivity index (χ4n) is 7.76. The number of rotatable bonds is 15. The number of para-hydroxylation sites is 1. The van der Waals surface area contributed by atoms with Gasteiger partial charge in [0.05, 0.1) is 18.7 Å². The number of aromatic hydroxyl groups is 1. The minimum atomic E-state index is -0.875. The van der Waals surface area contributed by atoms with Gasteiger partial charge in [-0.3, -0.25) is 14.5 Å². The molecule has 4 heterocycles. The Bertz CT molecular complexity index is 2460. The number of alkyl carbamates (subject to hydrolysis) is 1. The number of ether oxygens (including phenoxy) is 3. The number of amides is 2. The summed E-state index contributed by atoms with van der Waals surface area (Å²) in [5.74, 6) is 1.78. The van der Waals surface area contributed by atoms with Gasteiger partial charge in [-0.2, -0.15) is 0 Å². The van der Waals surface area contributed by atoms with E-state index in [-0.39, 0.29) is 36.0 Å². The number of carbonyl (C=O) groups is 2. The van der Waals surface area contributed by atoms with Crippen LogP contribution in [-0.4, -0.2) is 71.5 Å². The van der Waals surface area contributed by atoms with E-state index in [1.54, 1.807) is 31.4 Å². The first-order valence-electron chi connectivity index (χ1n) is 20.9.